The first-order valence-corrected chi connectivity index (χ1v) is 6.25. The minimum atomic E-state index is -0.892. The lowest BCUT2D eigenvalue weighted by Crippen LogP contribution is -2.53. The second-order valence-electron chi connectivity index (χ2n) is 5.53. The topological polar surface area (TPSA) is 40.5 Å². The number of halogens is 1. The van der Waals surface area contributed by atoms with Gasteiger partial charge in [0.1, 0.15) is 11.9 Å². The van der Waals surface area contributed by atoms with Gasteiger partial charge in [0.05, 0.1) is 5.54 Å². The number of carboxylic acid groups (broad SMARTS) is 1. The van der Waals surface area contributed by atoms with E-state index in [1.54, 1.807) is 13.0 Å². The number of fused-ring (bicyclic) bond motifs is 1. The van der Waals surface area contributed by atoms with E-state index in [9.17, 15) is 14.3 Å². The van der Waals surface area contributed by atoms with E-state index < -0.39 is 17.6 Å². The number of carbonyl (C=O) groups is 1. The van der Waals surface area contributed by atoms with Gasteiger partial charge in [-0.15, -0.1) is 0 Å². The van der Waals surface area contributed by atoms with E-state index in [1.807, 2.05) is 31.7 Å². The molecule has 19 heavy (non-hydrogen) atoms. The molecule has 1 heterocycles. The van der Waals surface area contributed by atoms with Crippen LogP contribution in [-0.4, -0.2) is 22.7 Å². The molecule has 1 aliphatic heterocycles. The van der Waals surface area contributed by atoms with Gasteiger partial charge < -0.3 is 10.0 Å². The third kappa shape index (κ3) is 2.23. The van der Waals surface area contributed by atoms with Crippen molar-refractivity contribution in [1.29, 1.82) is 0 Å². The minimum Gasteiger partial charge on any atom is -0.480 e. The standard InChI is InChI=1S/C15H18FNO2/c1-9-8-15(3,4)17(10(2)14(18)19)13-6-5-11(16)7-12(9)13/h5-8,10H,1-4H3,(H,18,19). The first-order valence-electron chi connectivity index (χ1n) is 6.25. The summed E-state index contributed by atoms with van der Waals surface area (Å²) in [5.41, 5.74) is 2.06. The maximum atomic E-state index is 13.4. The first-order chi connectivity index (χ1) is 8.74. The van der Waals surface area contributed by atoms with E-state index in [-0.39, 0.29) is 5.82 Å². The molecule has 0 fully saturated rings. The van der Waals surface area contributed by atoms with Gasteiger partial charge in [-0.3, -0.25) is 0 Å². The molecule has 1 unspecified atom stereocenters. The highest BCUT2D eigenvalue weighted by atomic mass is 19.1. The second-order valence-corrected chi connectivity index (χ2v) is 5.53. The average Bonchev–Trinajstić information content (AvgIpc) is 2.28. The van der Waals surface area contributed by atoms with Gasteiger partial charge in [-0.25, -0.2) is 9.18 Å². The molecule has 0 saturated heterocycles. The predicted molar refractivity (Wildman–Crippen MR) is 73.7 cm³/mol. The molecule has 1 aromatic rings. The number of anilines is 1. The first kappa shape index (κ1) is 13.6. The molecule has 102 valence electrons. The molecule has 3 nitrogen and oxygen atoms in total. The molecule has 0 aliphatic carbocycles. The van der Waals surface area contributed by atoms with E-state index >= 15 is 0 Å². The monoisotopic (exact) mass is 263 g/mol. The Kier molecular flexibility index (Phi) is 3.12. The lowest BCUT2D eigenvalue weighted by Gasteiger charge is -2.45. The van der Waals surface area contributed by atoms with Gasteiger partial charge in [0.15, 0.2) is 0 Å². The average molecular weight is 263 g/mol. The van der Waals surface area contributed by atoms with E-state index in [1.165, 1.54) is 12.1 Å². The summed E-state index contributed by atoms with van der Waals surface area (Å²) in [6.45, 7) is 7.49. The van der Waals surface area contributed by atoms with Crippen molar-refractivity contribution in [1.82, 2.24) is 0 Å². The van der Waals surface area contributed by atoms with Gasteiger partial charge in [-0.1, -0.05) is 6.08 Å². The van der Waals surface area contributed by atoms with Gasteiger partial charge in [0.2, 0.25) is 0 Å². The summed E-state index contributed by atoms with van der Waals surface area (Å²) in [6.07, 6.45) is 1.98. The summed E-state index contributed by atoms with van der Waals surface area (Å²) >= 11 is 0. The summed E-state index contributed by atoms with van der Waals surface area (Å²) in [7, 11) is 0. The molecule has 0 bridgehead atoms. The third-order valence-electron chi connectivity index (χ3n) is 3.58. The fourth-order valence-electron chi connectivity index (χ4n) is 2.84. The second kappa shape index (κ2) is 4.37. The number of rotatable bonds is 2. The molecule has 0 spiro atoms. The summed E-state index contributed by atoms with van der Waals surface area (Å²) < 4.78 is 13.4. The fraction of sp³-hybridized carbons (Fsp3) is 0.400. The molecule has 0 aromatic heterocycles. The third-order valence-corrected chi connectivity index (χ3v) is 3.58. The highest BCUT2D eigenvalue weighted by Gasteiger charge is 2.37. The summed E-state index contributed by atoms with van der Waals surface area (Å²) in [4.78, 5) is 13.1. The van der Waals surface area contributed by atoms with Gasteiger partial charge in [-0.2, -0.15) is 0 Å². The zero-order valence-corrected chi connectivity index (χ0v) is 11.6. The Labute approximate surface area is 112 Å². The van der Waals surface area contributed by atoms with Crippen LogP contribution < -0.4 is 4.90 Å². The smallest absolute Gasteiger partial charge is 0.326 e. The van der Waals surface area contributed by atoms with Crippen LogP contribution in [0.25, 0.3) is 5.57 Å². The van der Waals surface area contributed by atoms with E-state index in [0.29, 0.717) is 0 Å². The number of hydrogen-bond donors (Lipinski definition) is 1. The highest BCUT2D eigenvalue weighted by Crippen LogP contribution is 2.40. The maximum absolute atomic E-state index is 13.4. The zero-order valence-electron chi connectivity index (χ0n) is 11.6. The van der Waals surface area contributed by atoms with Gasteiger partial charge >= 0.3 is 5.97 Å². The molecule has 1 aromatic carbocycles. The molecule has 1 N–H and O–H groups in total. The molecule has 4 heteroatoms. The number of aliphatic carboxylic acids is 1. The van der Waals surface area contributed by atoms with Crippen molar-refractivity contribution in [3.63, 3.8) is 0 Å². The maximum Gasteiger partial charge on any atom is 0.326 e. The van der Waals surface area contributed by atoms with Gasteiger partial charge in [0, 0.05) is 11.3 Å². The highest BCUT2D eigenvalue weighted by molar-refractivity contribution is 5.86. The molecule has 0 amide bonds. The van der Waals surface area contributed by atoms with Crippen molar-refractivity contribution < 1.29 is 14.3 Å². The number of benzene rings is 1. The SMILES string of the molecule is CC1=CC(C)(C)N(C(C)C(=O)O)c2ccc(F)cc21. The molecule has 1 aliphatic rings. The molecule has 1 atom stereocenters. The van der Waals surface area contributed by atoms with Crippen LogP contribution in [0.2, 0.25) is 0 Å². The van der Waals surface area contributed by atoms with Crippen LogP contribution in [0.3, 0.4) is 0 Å². The van der Waals surface area contributed by atoms with Crippen molar-refractivity contribution >= 4 is 17.2 Å². The zero-order chi connectivity index (χ0) is 14.4. The van der Waals surface area contributed by atoms with Crippen LogP contribution in [0.4, 0.5) is 10.1 Å². The van der Waals surface area contributed by atoms with Gasteiger partial charge in [-0.05, 0) is 51.5 Å². The van der Waals surface area contributed by atoms with Crippen LogP contribution >= 0.6 is 0 Å². The van der Waals surface area contributed by atoms with Crippen molar-refractivity contribution in [2.75, 3.05) is 4.90 Å². The molecule has 0 radical (unpaired) electrons. The van der Waals surface area contributed by atoms with Crippen LogP contribution in [0.15, 0.2) is 24.3 Å². The Balaban J connectivity index is 2.64. The number of hydrogen-bond acceptors (Lipinski definition) is 2. The number of carboxylic acids is 1. The lowest BCUT2D eigenvalue weighted by atomic mass is 9.87. The largest absolute Gasteiger partial charge is 0.480 e. The Morgan fingerprint density at radius 3 is 2.63 bits per heavy atom. The van der Waals surface area contributed by atoms with E-state index in [0.717, 1.165) is 16.8 Å². The van der Waals surface area contributed by atoms with Crippen LogP contribution in [0.1, 0.15) is 33.3 Å². The van der Waals surface area contributed by atoms with Crippen molar-refractivity contribution in [2.24, 2.45) is 0 Å². The molecule has 2 rings (SSSR count). The van der Waals surface area contributed by atoms with E-state index in [2.05, 4.69) is 0 Å². The Bertz CT molecular complexity index is 563. The van der Waals surface area contributed by atoms with Gasteiger partial charge in [0.25, 0.3) is 0 Å². The predicted octanol–water partition coefficient (Wildman–Crippen LogP) is 3.30. The van der Waals surface area contributed by atoms with E-state index in [4.69, 9.17) is 0 Å². The molecule has 0 saturated carbocycles. The summed E-state index contributed by atoms with van der Waals surface area (Å²) in [5.74, 6) is -1.20. The van der Waals surface area contributed by atoms with Crippen LogP contribution in [0, 0.1) is 5.82 Å². The van der Waals surface area contributed by atoms with Crippen molar-refractivity contribution in [2.45, 2.75) is 39.3 Å². The number of allylic oxidation sites excluding steroid dienone is 1. The Morgan fingerprint density at radius 1 is 1.42 bits per heavy atom. The quantitative estimate of drug-likeness (QED) is 0.890. The fourth-order valence-corrected chi connectivity index (χ4v) is 2.84. The molecular weight excluding hydrogens is 245 g/mol. The summed E-state index contributed by atoms with van der Waals surface area (Å²) in [6, 6.07) is 3.80. The number of nitrogens with zero attached hydrogens (tertiary/aromatic N) is 1. The normalized spacial score (nSPS) is 18.6. The van der Waals surface area contributed by atoms with Crippen LogP contribution in [-0.2, 0) is 4.79 Å². The molecular formula is C15H18FNO2. The summed E-state index contributed by atoms with van der Waals surface area (Å²) in [5, 5.41) is 9.28. The van der Waals surface area contributed by atoms with Crippen molar-refractivity contribution in [3.8, 4) is 0 Å². The van der Waals surface area contributed by atoms with Crippen LogP contribution in [0.5, 0.6) is 0 Å². The Hall–Kier alpha value is -1.84. The minimum absolute atomic E-state index is 0.311. The Morgan fingerprint density at radius 2 is 2.05 bits per heavy atom. The lowest BCUT2D eigenvalue weighted by molar-refractivity contribution is -0.138. The van der Waals surface area contributed by atoms with Crippen molar-refractivity contribution in [3.05, 3.63) is 35.7 Å².